The van der Waals surface area contributed by atoms with E-state index < -0.39 is 0 Å². The number of carbonyl (C=O) groups is 1. The molecule has 6 nitrogen and oxygen atoms in total. The van der Waals surface area contributed by atoms with Gasteiger partial charge in [-0.2, -0.15) is 0 Å². The van der Waals surface area contributed by atoms with Crippen LogP contribution in [0.3, 0.4) is 0 Å². The summed E-state index contributed by atoms with van der Waals surface area (Å²) in [4.78, 5) is 19.7. The first kappa shape index (κ1) is 16.1. The van der Waals surface area contributed by atoms with Crippen molar-refractivity contribution in [3.05, 3.63) is 23.7 Å². The van der Waals surface area contributed by atoms with Crippen LogP contribution < -0.4 is 0 Å². The second-order valence-corrected chi connectivity index (χ2v) is 7.16. The van der Waals surface area contributed by atoms with E-state index in [1.807, 2.05) is 11.8 Å². The third-order valence-electron chi connectivity index (χ3n) is 5.69. The van der Waals surface area contributed by atoms with E-state index in [-0.39, 0.29) is 12.0 Å². The molecule has 132 valence electrons. The van der Waals surface area contributed by atoms with E-state index in [1.54, 1.807) is 12.3 Å². The molecular weight excluding hydrogens is 306 g/mol. The van der Waals surface area contributed by atoms with Crippen molar-refractivity contribution < 1.29 is 13.9 Å². The van der Waals surface area contributed by atoms with Gasteiger partial charge in [0.15, 0.2) is 0 Å². The van der Waals surface area contributed by atoms with Crippen molar-refractivity contribution in [2.45, 2.75) is 31.9 Å². The zero-order valence-electron chi connectivity index (χ0n) is 14.4. The van der Waals surface area contributed by atoms with Crippen molar-refractivity contribution in [1.29, 1.82) is 0 Å². The lowest BCUT2D eigenvalue weighted by Crippen LogP contribution is -2.52. The Bertz CT molecular complexity index is 582. The number of hydrogen-bond donors (Lipinski definition) is 0. The lowest BCUT2D eigenvalue weighted by molar-refractivity contribution is -0.0487. The van der Waals surface area contributed by atoms with Gasteiger partial charge in [0.1, 0.15) is 5.76 Å². The maximum Gasteiger partial charge on any atom is 0.257 e. The summed E-state index contributed by atoms with van der Waals surface area (Å²) in [6, 6.07) is 2.10. The molecule has 2 atom stereocenters. The number of furan rings is 1. The normalized spacial score (nSPS) is 28.5. The molecule has 0 radical (unpaired) electrons. The summed E-state index contributed by atoms with van der Waals surface area (Å²) < 4.78 is 11.2. The summed E-state index contributed by atoms with van der Waals surface area (Å²) >= 11 is 0. The standard InChI is InChI=1S/C18H27N3O3/c1-14-15(4-10-23-14)18(22)21-12-16-17(13-21)24-11-9-20(16)8-7-19-5-2-3-6-19/h4,10,16-17H,2-3,5-9,11-13H2,1H3/t16-,17-/m0/s1. The molecule has 1 amide bonds. The fourth-order valence-corrected chi connectivity index (χ4v) is 4.26. The molecular formula is C18H27N3O3. The van der Waals surface area contributed by atoms with Gasteiger partial charge in [-0.1, -0.05) is 0 Å². The van der Waals surface area contributed by atoms with E-state index in [2.05, 4.69) is 9.80 Å². The van der Waals surface area contributed by atoms with Crippen LogP contribution in [-0.2, 0) is 4.74 Å². The van der Waals surface area contributed by atoms with Crippen molar-refractivity contribution in [3.63, 3.8) is 0 Å². The SMILES string of the molecule is Cc1occc1C(=O)N1C[C@@H]2OCCN(CCN3CCCC3)[C@H]2C1. The Hall–Kier alpha value is -1.37. The van der Waals surface area contributed by atoms with Crippen LogP contribution in [0.1, 0.15) is 29.0 Å². The highest BCUT2D eigenvalue weighted by molar-refractivity contribution is 5.95. The Morgan fingerprint density at radius 2 is 2.04 bits per heavy atom. The van der Waals surface area contributed by atoms with E-state index >= 15 is 0 Å². The molecule has 0 spiro atoms. The predicted octanol–water partition coefficient (Wildman–Crippen LogP) is 1.21. The lowest BCUT2D eigenvalue weighted by atomic mass is 10.1. The van der Waals surface area contributed by atoms with Crippen molar-refractivity contribution in [2.24, 2.45) is 0 Å². The van der Waals surface area contributed by atoms with Gasteiger partial charge in [-0.3, -0.25) is 9.69 Å². The Morgan fingerprint density at radius 3 is 2.79 bits per heavy atom. The Morgan fingerprint density at radius 1 is 1.21 bits per heavy atom. The largest absolute Gasteiger partial charge is 0.469 e. The van der Waals surface area contributed by atoms with Crippen LogP contribution in [0.5, 0.6) is 0 Å². The van der Waals surface area contributed by atoms with Crippen LogP contribution in [0, 0.1) is 6.92 Å². The molecule has 6 heteroatoms. The molecule has 3 aliphatic rings. The average molecular weight is 333 g/mol. The van der Waals surface area contributed by atoms with Gasteiger partial charge in [-0.05, 0) is 38.9 Å². The highest BCUT2D eigenvalue weighted by Gasteiger charge is 2.42. The number of fused-ring (bicyclic) bond motifs is 1. The highest BCUT2D eigenvalue weighted by atomic mass is 16.5. The molecule has 0 N–H and O–H groups in total. The van der Waals surface area contributed by atoms with Crippen LogP contribution in [0.2, 0.25) is 0 Å². The number of amides is 1. The number of carbonyl (C=O) groups excluding carboxylic acids is 1. The van der Waals surface area contributed by atoms with E-state index in [1.165, 1.54) is 25.9 Å². The van der Waals surface area contributed by atoms with Crippen LogP contribution in [0.4, 0.5) is 0 Å². The van der Waals surface area contributed by atoms with Crippen LogP contribution in [0.15, 0.2) is 16.7 Å². The minimum atomic E-state index is 0.0683. The molecule has 0 unspecified atom stereocenters. The number of ether oxygens (including phenoxy) is 1. The summed E-state index contributed by atoms with van der Waals surface area (Å²) in [5.74, 6) is 0.764. The Balaban J connectivity index is 1.38. The van der Waals surface area contributed by atoms with Gasteiger partial charge >= 0.3 is 0 Å². The highest BCUT2D eigenvalue weighted by Crippen LogP contribution is 2.25. The topological polar surface area (TPSA) is 49.2 Å². The summed E-state index contributed by atoms with van der Waals surface area (Å²) in [6.07, 6.45) is 4.40. The zero-order valence-corrected chi connectivity index (χ0v) is 14.4. The Labute approximate surface area is 143 Å². The molecule has 0 bridgehead atoms. The van der Waals surface area contributed by atoms with Gasteiger partial charge in [-0.15, -0.1) is 0 Å². The van der Waals surface area contributed by atoms with Crippen LogP contribution in [-0.4, -0.2) is 85.2 Å². The van der Waals surface area contributed by atoms with Gasteiger partial charge in [0.25, 0.3) is 5.91 Å². The molecule has 1 aromatic heterocycles. The minimum Gasteiger partial charge on any atom is -0.469 e. The number of likely N-dealkylation sites (tertiary alicyclic amines) is 2. The second-order valence-electron chi connectivity index (χ2n) is 7.16. The zero-order chi connectivity index (χ0) is 16.5. The van der Waals surface area contributed by atoms with Crippen molar-refractivity contribution in [2.75, 3.05) is 52.4 Å². The van der Waals surface area contributed by atoms with Gasteiger partial charge in [0.2, 0.25) is 0 Å². The molecule has 24 heavy (non-hydrogen) atoms. The number of rotatable bonds is 4. The molecule has 3 fully saturated rings. The fourth-order valence-electron chi connectivity index (χ4n) is 4.26. The van der Waals surface area contributed by atoms with Gasteiger partial charge in [0, 0.05) is 32.7 Å². The smallest absolute Gasteiger partial charge is 0.257 e. The lowest BCUT2D eigenvalue weighted by Gasteiger charge is -2.37. The van der Waals surface area contributed by atoms with E-state index in [0.29, 0.717) is 23.9 Å². The Kier molecular flexibility index (Phi) is 4.61. The van der Waals surface area contributed by atoms with Crippen molar-refractivity contribution in [3.8, 4) is 0 Å². The summed E-state index contributed by atoms with van der Waals surface area (Å²) in [5, 5.41) is 0. The fraction of sp³-hybridized carbons (Fsp3) is 0.722. The molecule has 0 aliphatic carbocycles. The summed E-state index contributed by atoms with van der Waals surface area (Å²) in [5.41, 5.74) is 0.678. The quantitative estimate of drug-likeness (QED) is 0.829. The summed E-state index contributed by atoms with van der Waals surface area (Å²) in [6.45, 7) is 9.73. The second kappa shape index (κ2) is 6.86. The third-order valence-corrected chi connectivity index (χ3v) is 5.69. The van der Waals surface area contributed by atoms with Crippen LogP contribution >= 0.6 is 0 Å². The van der Waals surface area contributed by atoms with Crippen molar-refractivity contribution >= 4 is 5.91 Å². The number of hydrogen-bond acceptors (Lipinski definition) is 5. The number of morpholine rings is 1. The molecule has 0 saturated carbocycles. The molecule has 4 heterocycles. The van der Waals surface area contributed by atoms with E-state index in [9.17, 15) is 4.79 Å². The number of aryl methyl sites for hydroxylation is 1. The van der Waals surface area contributed by atoms with E-state index in [0.717, 1.165) is 32.8 Å². The minimum absolute atomic E-state index is 0.0683. The molecule has 1 aromatic rings. The van der Waals surface area contributed by atoms with Gasteiger partial charge in [-0.25, -0.2) is 0 Å². The summed E-state index contributed by atoms with van der Waals surface area (Å²) in [7, 11) is 0. The molecule has 4 rings (SSSR count). The van der Waals surface area contributed by atoms with Gasteiger partial charge < -0.3 is 19.0 Å². The molecule has 3 saturated heterocycles. The molecule has 0 aromatic carbocycles. The predicted molar refractivity (Wildman–Crippen MR) is 90.1 cm³/mol. The maximum absolute atomic E-state index is 12.7. The first-order chi connectivity index (χ1) is 11.7. The average Bonchev–Trinajstić information content (AvgIpc) is 3.32. The maximum atomic E-state index is 12.7. The number of nitrogens with zero attached hydrogens (tertiary/aromatic N) is 3. The van der Waals surface area contributed by atoms with Gasteiger partial charge in [0.05, 0.1) is 30.6 Å². The van der Waals surface area contributed by atoms with Crippen LogP contribution in [0.25, 0.3) is 0 Å². The first-order valence-corrected chi connectivity index (χ1v) is 9.14. The molecule has 3 aliphatic heterocycles. The van der Waals surface area contributed by atoms with Crippen molar-refractivity contribution in [1.82, 2.24) is 14.7 Å². The first-order valence-electron chi connectivity index (χ1n) is 9.14. The monoisotopic (exact) mass is 333 g/mol. The third kappa shape index (κ3) is 3.10. The van der Waals surface area contributed by atoms with E-state index in [4.69, 9.17) is 9.15 Å².